The van der Waals surface area contributed by atoms with Crippen LogP contribution in [0.15, 0.2) is 24.3 Å². The van der Waals surface area contributed by atoms with E-state index in [1.165, 1.54) is 24.3 Å². The predicted octanol–water partition coefficient (Wildman–Crippen LogP) is 1.97. The standard InChI is InChI=1S/C8H9F2O4P/c9-8(10)14-7-3-1-6(2-4-7)5-15(11,12)13/h1-4,8H,5H2,(H2,11,12,13). The summed E-state index contributed by atoms with van der Waals surface area (Å²) >= 11 is 0. The lowest BCUT2D eigenvalue weighted by molar-refractivity contribution is -0.0498. The Bertz CT molecular complexity index is 359. The third-order valence-corrected chi connectivity index (χ3v) is 2.31. The lowest BCUT2D eigenvalue weighted by atomic mass is 10.2. The Morgan fingerprint density at radius 1 is 1.27 bits per heavy atom. The fourth-order valence-corrected chi connectivity index (χ4v) is 1.70. The number of hydrogen-bond acceptors (Lipinski definition) is 2. The van der Waals surface area contributed by atoms with E-state index in [4.69, 9.17) is 9.79 Å². The molecule has 0 atom stereocenters. The van der Waals surface area contributed by atoms with Crippen molar-refractivity contribution < 1.29 is 27.9 Å². The SMILES string of the molecule is O=P(O)(O)Cc1ccc(OC(F)F)cc1. The number of halogens is 2. The van der Waals surface area contributed by atoms with Crippen molar-refractivity contribution in [2.75, 3.05) is 0 Å². The van der Waals surface area contributed by atoms with E-state index in [0.29, 0.717) is 5.56 Å². The third-order valence-electron chi connectivity index (χ3n) is 1.54. The lowest BCUT2D eigenvalue weighted by Crippen LogP contribution is -2.01. The van der Waals surface area contributed by atoms with Gasteiger partial charge in [0.05, 0.1) is 6.16 Å². The van der Waals surface area contributed by atoms with Gasteiger partial charge in [-0.3, -0.25) is 4.57 Å². The summed E-state index contributed by atoms with van der Waals surface area (Å²) in [4.78, 5) is 17.3. The van der Waals surface area contributed by atoms with Crippen molar-refractivity contribution in [1.82, 2.24) is 0 Å². The molecule has 4 nitrogen and oxygen atoms in total. The molecule has 0 amide bonds. The fraction of sp³-hybridized carbons (Fsp3) is 0.250. The largest absolute Gasteiger partial charge is 0.435 e. The van der Waals surface area contributed by atoms with E-state index in [-0.39, 0.29) is 5.75 Å². The van der Waals surface area contributed by atoms with E-state index >= 15 is 0 Å². The van der Waals surface area contributed by atoms with Gasteiger partial charge >= 0.3 is 14.2 Å². The highest BCUT2D eigenvalue weighted by molar-refractivity contribution is 7.50. The molecule has 0 aliphatic rings. The van der Waals surface area contributed by atoms with Crippen LogP contribution in [0.3, 0.4) is 0 Å². The van der Waals surface area contributed by atoms with E-state index < -0.39 is 20.4 Å². The van der Waals surface area contributed by atoms with E-state index in [9.17, 15) is 13.3 Å². The molecule has 0 unspecified atom stereocenters. The normalized spacial score (nSPS) is 11.8. The molecular weight excluding hydrogens is 229 g/mol. The summed E-state index contributed by atoms with van der Waals surface area (Å²) in [6.45, 7) is -2.90. The zero-order valence-electron chi connectivity index (χ0n) is 7.51. The lowest BCUT2D eigenvalue weighted by Gasteiger charge is -2.06. The maximum Gasteiger partial charge on any atom is 0.387 e. The summed E-state index contributed by atoms with van der Waals surface area (Å²) in [5, 5.41) is 0. The maximum absolute atomic E-state index is 11.7. The maximum atomic E-state index is 11.7. The van der Waals surface area contributed by atoms with Crippen molar-refractivity contribution >= 4 is 7.60 Å². The van der Waals surface area contributed by atoms with Crippen molar-refractivity contribution in [1.29, 1.82) is 0 Å². The van der Waals surface area contributed by atoms with Crippen LogP contribution >= 0.6 is 7.60 Å². The zero-order valence-corrected chi connectivity index (χ0v) is 8.40. The van der Waals surface area contributed by atoms with E-state index in [1.807, 2.05) is 0 Å². The quantitative estimate of drug-likeness (QED) is 0.787. The Morgan fingerprint density at radius 3 is 2.20 bits per heavy atom. The monoisotopic (exact) mass is 238 g/mol. The van der Waals surface area contributed by atoms with Gasteiger partial charge in [0.2, 0.25) is 0 Å². The molecule has 0 bridgehead atoms. The van der Waals surface area contributed by atoms with Crippen LogP contribution in [-0.2, 0) is 10.7 Å². The molecular formula is C8H9F2O4P. The first-order chi connectivity index (χ1) is 6.87. The Labute approximate surface area is 84.7 Å². The van der Waals surface area contributed by atoms with Crippen molar-refractivity contribution in [3.63, 3.8) is 0 Å². The van der Waals surface area contributed by atoms with E-state index in [2.05, 4.69) is 4.74 Å². The number of hydrogen-bond donors (Lipinski definition) is 2. The fourth-order valence-electron chi connectivity index (χ4n) is 1.01. The van der Waals surface area contributed by atoms with Crippen LogP contribution in [0.5, 0.6) is 5.75 Å². The molecule has 7 heteroatoms. The molecule has 0 aliphatic heterocycles. The van der Waals surface area contributed by atoms with E-state index in [0.717, 1.165) is 0 Å². The van der Waals surface area contributed by atoms with Gasteiger partial charge in [0.15, 0.2) is 0 Å². The number of alkyl halides is 2. The molecule has 15 heavy (non-hydrogen) atoms. The molecule has 0 saturated heterocycles. The van der Waals surface area contributed by atoms with Crippen LogP contribution in [-0.4, -0.2) is 16.4 Å². The van der Waals surface area contributed by atoms with Crippen LogP contribution in [0.1, 0.15) is 5.56 Å². The first-order valence-corrected chi connectivity index (χ1v) is 5.75. The van der Waals surface area contributed by atoms with Crippen LogP contribution < -0.4 is 4.74 Å². The van der Waals surface area contributed by atoms with Crippen LogP contribution in [0.2, 0.25) is 0 Å². The van der Waals surface area contributed by atoms with Crippen molar-refractivity contribution in [2.24, 2.45) is 0 Å². The molecule has 0 spiro atoms. The molecule has 84 valence electrons. The highest BCUT2D eigenvalue weighted by atomic mass is 31.2. The predicted molar refractivity (Wildman–Crippen MR) is 48.8 cm³/mol. The van der Waals surface area contributed by atoms with Gasteiger partial charge in [-0.15, -0.1) is 0 Å². The summed E-state index contributed by atoms with van der Waals surface area (Å²) in [7, 11) is -4.12. The summed E-state index contributed by atoms with van der Waals surface area (Å²) in [5.41, 5.74) is 0.366. The highest BCUT2D eigenvalue weighted by Gasteiger charge is 2.13. The average Bonchev–Trinajstić information content (AvgIpc) is 2.05. The van der Waals surface area contributed by atoms with Crippen LogP contribution in [0.25, 0.3) is 0 Å². The van der Waals surface area contributed by atoms with Crippen molar-refractivity contribution in [2.45, 2.75) is 12.8 Å². The second-order valence-corrected chi connectivity index (χ2v) is 4.49. The minimum absolute atomic E-state index is 0.0422. The van der Waals surface area contributed by atoms with Crippen molar-refractivity contribution in [3.8, 4) is 5.75 Å². The Balaban J connectivity index is 2.68. The zero-order chi connectivity index (χ0) is 11.5. The summed E-state index contributed by atoms with van der Waals surface area (Å²) in [5.74, 6) is -0.0422. The second kappa shape index (κ2) is 4.70. The molecule has 2 N–H and O–H groups in total. The summed E-state index contributed by atoms with van der Waals surface area (Å²) < 4.78 is 38.2. The molecule has 0 radical (unpaired) electrons. The topological polar surface area (TPSA) is 66.8 Å². The molecule has 1 aromatic carbocycles. The van der Waals surface area contributed by atoms with Crippen LogP contribution in [0, 0.1) is 0 Å². The number of rotatable bonds is 4. The minimum atomic E-state index is -4.12. The van der Waals surface area contributed by atoms with Gasteiger partial charge in [-0.05, 0) is 17.7 Å². The molecule has 0 aliphatic carbocycles. The molecule has 0 saturated carbocycles. The van der Waals surface area contributed by atoms with Gasteiger partial charge in [0.1, 0.15) is 5.75 Å². The first kappa shape index (κ1) is 12.1. The van der Waals surface area contributed by atoms with Crippen molar-refractivity contribution in [3.05, 3.63) is 29.8 Å². The Morgan fingerprint density at radius 2 is 1.80 bits per heavy atom. The molecule has 1 aromatic rings. The smallest absolute Gasteiger partial charge is 0.387 e. The summed E-state index contributed by atoms with van der Waals surface area (Å²) in [6, 6.07) is 5.13. The van der Waals surface area contributed by atoms with Gasteiger partial charge in [-0.2, -0.15) is 8.78 Å². The first-order valence-electron chi connectivity index (χ1n) is 3.95. The number of benzene rings is 1. The van der Waals surface area contributed by atoms with Gasteiger partial charge < -0.3 is 14.5 Å². The van der Waals surface area contributed by atoms with Gasteiger partial charge in [-0.1, -0.05) is 12.1 Å². The molecule has 1 rings (SSSR count). The van der Waals surface area contributed by atoms with Crippen LogP contribution in [0.4, 0.5) is 8.78 Å². The highest BCUT2D eigenvalue weighted by Crippen LogP contribution is 2.39. The van der Waals surface area contributed by atoms with Gasteiger partial charge in [0.25, 0.3) is 0 Å². The molecule has 0 aromatic heterocycles. The number of ether oxygens (including phenoxy) is 1. The molecule has 0 fully saturated rings. The van der Waals surface area contributed by atoms with E-state index in [1.54, 1.807) is 0 Å². The van der Waals surface area contributed by atoms with Gasteiger partial charge in [0, 0.05) is 0 Å². The Hall–Kier alpha value is -0.970. The minimum Gasteiger partial charge on any atom is -0.435 e. The molecule has 0 heterocycles. The average molecular weight is 238 g/mol. The Kier molecular flexibility index (Phi) is 3.79. The second-order valence-electron chi connectivity index (χ2n) is 2.85. The van der Waals surface area contributed by atoms with Gasteiger partial charge in [-0.25, -0.2) is 0 Å². The summed E-state index contributed by atoms with van der Waals surface area (Å²) in [6.07, 6.45) is -0.415. The third kappa shape index (κ3) is 4.88.